The second-order valence-electron chi connectivity index (χ2n) is 4.45. The standard InChI is InChI=1S/C14H23NO2/c1-11(2)13-10-12(4-5-14(13)17-3)6-7-15-8-9-16/h4-5,10-11,15-16H,6-9H2,1-3H3. The fraction of sp³-hybridized carbons (Fsp3) is 0.571. The molecule has 0 aliphatic carbocycles. The average molecular weight is 237 g/mol. The van der Waals surface area contributed by atoms with Crippen LogP contribution >= 0.6 is 0 Å². The number of rotatable bonds is 7. The molecule has 0 heterocycles. The van der Waals surface area contributed by atoms with E-state index in [2.05, 4.69) is 31.3 Å². The highest BCUT2D eigenvalue weighted by Gasteiger charge is 2.07. The van der Waals surface area contributed by atoms with Crippen LogP contribution in [0.3, 0.4) is 0 Å². The second-order valence-corrected chi connectivity index (χ2v) is 4.45. The Bertz CT molecular complexity index is 337. The lowest BCUT2D eigenvalue weighted by atomic mass is 9.98. The second kappa shape index (κ2) is 7.30. The topological polar surface area (TPSA) is 41.5 Å². The zero-order chi connectivity index (χ0) is 12.7. The van der Waals surface area contributed by atoms with Gasteiger partial charge in [-0.25, -0.2) is 0 Å². The minimum Gasteiger partial charge on any atom is -0.496 e. The molecule has 0 atom stereocenters. The van der Waals surface area contributed by atoms with Gasteiger partial charge >= 0.3 is 0 Å². The molecule has 0 unspecified atom stereocenters. The van der Waals surface area contributed by atoms with Gasteiger partial charge in [-0.3, -0.25) is 0 Å². The van der Waals surface area contributed by atoms with E-state index >= 15 is 0 Å². The Morgan fingerprint density at radius 3 is 2.65 bits per heavy atom. The minimum absolute atomic E-state index is 0.194. The van der Waals surface area contributed by atoms with Crippen molar-refractivity contribution in [3.05, 3.63) is 29.3 Å². The van der Waals surface area contributed by atoms with E-state index in [1.165, 1.54) is 11.1 Å². The Balaban J connectivity index is 2.64. The van der Waals surface area contributed by atoms with E-state index in [1.807, 2.05) is 6.07 Å². The van der Waals surface area contributed by atoms with Gasteiger partial charge in [0.25, 0.3) is 0 Å². The molecule has 0 fully saturated rings. The number of benzene rings is 1. The van der Waals surface area contributed by atoms with Gasteiger partial charge in [-0.2, -0.15) is 0 Å². The summed E-state index contributed by atoms with van der Waals surface area (Å²) in [4.78, 5) is 0. The molecule has 1 aromatic rings. The summed E-state index contributed by atoms with van der Waals surface area (Å²) in [6.07, 6.45) is 0.976. The first kappa shape index (κ1) is 14.0. The maximum atomic E-state index is 8.67. The van der Waals surface area contributed by atoms with E-state index in [-0.39, 0.29) is 6.61 Å². The van der Waals surface area contributed by atoms with Crippen LogP contribution in [0.2, 0.25) is 0 Å². The van der Waals surface area contributed by atoms with Crippen molar-refractivity contribution in [2.24, 2.45) is 0 Å². The van der Waals surface area contributed by atoms with Crippen LogP contribution < -0.4 is 10.1 Å². The fourth-order valence-corrected chi connectivity index (χ4v) is 1.83. The zero-order valence-corrected chi connectivity index (χ0v) is 11.0. The molecule has 2 N–H and O–H groups in total. The predicted molar refractivity (Wildman–Crippen MR) is 70.7 cm³/mol. The average Bonchev–Trinajstić information content (AvgIpc) is 2.34. The summed E-state index contributed by atoms with van der Waals surface area (Å²) in [5.41, 5.74) is 2.56. The molecule has 0 aliphatic heterocycles. The van der Waals surface area contributed by atoms with Crippen molar-refractivity contribution in [3.63, 3.8) is 0 Å². The molecular formula is C14H23NO2. The Hall–Kier alpha value is -1.06. The lowest BCUT2D eigenvalue weighted by Gasteiger charge is -2.13. The van der Waals surface area contributed by atoms with Gasteiger partial charge in [0, 0.05) is 6.54 Å². The first-order chi connectivity index (χ1) is 8.19. The quantitative estimate of drug-likeness (QED) is 0.712. The number of nitrogens with one attached hydrogen (secondary N) is 1. The minimum atomic E-state index is 0.194. The summed E-state index contributed by atoms with van der Waals surface area (Å²) < 4.78 is 5.36. The highest BCUT2D eigenvalue weighted by atomic mass is 16.5. The highest BCUT2D eigenvalue weighted by molar-refractivity contribution is 5.39. The van der Waals surface area contributed by atoms with Gasteiger partial charge in [-0.05, 0) is 36.1 Å². The Morgan fingerprint density at radius 1 is 1.29 bits per heavy atom. The zero-order valence-electron chi connectivity index (χ0n) is 11.0. The molecule has 1 aromatic carbocycles. The number of aliphatic hydroxyl groups is 1. The van der Waals surface area contributed by atoms with Gasteiger partial charge in [0.05, 0.1) is 13.7 Å². The molecule has 0 saturated heterocycles. The van der Waals surface area contributed by atoms with Crippen molar-refractivity contribution in [2.75, 3.05) is 26.8 Å². The van der Waals surface area contributed by atoms with Crippen molar-refractivity contribution < 1.29 is 9.84 Å². The largest absolute Gasteiger partial charge is 0.496 e. The number of methoxy groups -OCH3 is 1. The third-order valence-corrected chi connectivity index (χ3v) is 2.80. The highest BCUT2D eigenvalue weighted by Crippen LogP contribution is 2.27. The first-order valence-electron chi connectivity index (χ1n) is 6.17. The predicted octanol–water partition coefficient (Wildman–Crippen LogP) is 1.94. The maximum Gasteiger partial charge on any atom is 0.122 e. The lowest BCUT2D eigenvalue weighted by molar-refractivity contribution is 0.293. The maximum absolute atomic E-state index is 8.67. The molecule has 3 heteroatoms. The van der Waals surface area contributed by atoms with E-state index in [0.29, 0.717) is 12.5 Å². The van der Waals surface area contributed by atoms with Gasteiger partial charge in [0.2, 0.25) is 0 Å². The normalized spacial score (nSPS) is 10.9. The molecule has 3 nitrogen and oxygen atoms in total. The molecule has 17 heavy (non-hydrogen) atoms. The van der Waals surface area contributed by atoms with Crippen LogP contribution in [0.4, 0.5) is 0 Å². The summed E-state index contributed by atoms with van der Waals surface area (Å²) in [6.45, 7) is 6.09. The summed E-state index contributed by atoms with van der Waals surface area (Å²) in [5.74, 6) is 1.43. The van der Waals surface area contributed by atoms with Crippen LogP contribution in [-0.4, -0.2) is 31.9 Å². The smallest absolute Gasteiger partial charge is 0.122 e. The fourth-order valence-electron chi connectivity index (χ4n) is 1.83. The van der Waals surface area contributed by atoms with Crippen LogP contribution in [0, 0.1) is 0 Å². The Labute approximate surface area is 104 Å². The monoisotopic (exact) mass is 237 g/mol. The van der Waals surface area contributed by atoms with Gasteiger partial charge in [0.15, 0.2) is 0 Å². The van der Waals surface area contributed by atoms with Crippen molar-refractivity contribution in [1.29, 1.82) is 0 Å². The van der Waals surface area contributed by atoms with Crippen LogP contribution in [0.1, 0.15) is 30.9 Å². The van der Waals surface area contributed by atoms with Crippen molar-refractivity contribution in [2.45, 2.75) is 26.2 Å². The van der Waals surface area contributed by atoms with Crippen molar-refractivity contribution in [3.8, 4) is 5.75 Å². The van der Waals surface area contributed by atoms with Gasteiger partial charge in [-0.15, -0.1) is 0 Å². The molecule has 96 valence electrons. The van der Waals surface area contributed by atoms with Crippen LogP contribution in [-0.2, 0) is 6.42 Å². The van der Waals surface area contributed by atoms with Crippen LogP contribution in [0.15, 0.2) is 18.2 Å². The van der Waals surface area contributed by atoms with Crippen LogP contribution in [0.25, 0.3) is 0 Å². The van der Waals surface area contributed by atoms with E-state index in [4.69, 9.17) is 9.84 Å². The van der Waals surface area contributed by atoms with E-state index < -0.39 is 0 Å². The van der Waals surface area contributed by atoms with Gasteiger partial charge in [0.1, 0.15) is 5.75 Å². The molecule has 0 spiro atoms. The van der Waals surface area contributed by atoms with E-state index in [9.17, 15) is 0 Å². The molecule has 0 aliphatic rings. The summed E-state index contributed by atoms with van der Waals surface area (Å²) in [7, 11) is 1.71. The number of ether oxygens (including phenoxy) is 1. The molecule has 0 amide bonds. The van der Waals surface area contributed by atoms with Gasteiger partial charge < -0.3 is 15.2 Å². The number of hydrogen-bond donors (Lipinski definition) is 2. The lowest BCUT2D eigenvalue weighted by Crippen LogP contribution is -2.20. The molecular weight excluding hydrogens is 214 g/mol. The van der Waals surface area contributed by atoms with Gasteiger partial charge in [-0.1, -0.05) is 26.0 Å². The third kappa shape index (κ3) is 4.36. The van der Waals surface area contributed by atoms with E-state index in [0.717, 1.165) is 18.7 Å². The Kier molecular flexibility index (Phi) is 6.01. The number of aliphatic hydroxyl groups excluding tert-OH is 1. The Morgan fingerprint density at radius 2 is 2.06 bits per heavy atom. The SMILES string of the molecule is COc1ccc(CCNCCO)cc1C(C)C. The summed E-state index contributed by atoms with van der Waals surface area (Å²) >= 11 is 0. The third-order valence-electron chi connectivity index (χ3n) is 2.80. The molecule has 0 bridgehead atoms. The molecule has 1 rings (SSSR count). The first-order valence-corrected chi connectivity index (χ1v) is 6.17. The molecule has 0 saturated carbocycles. The van der Waals surface area contributed by atoms with E-state index in [1.54, 1.807) is 7.11 Å². The van der Waals surface area contributed by atoms with Crippen LogP contribution in [0.5, 0.6) is 5.75 Å². The summed E-state index contributed by atoms with van der Waals surface area (Å²) in [6, 6.07) is 6.35. The summed E-state index contributed by atoms with van der Waals surface area (Å²) in [5, 5.41) is 11.8. The number of hydrogen-bond acceptors (Lipinski definition) is 3. The molecule has 0 radical (unpaired) electrons. The van der Waals surface area contributed by atoms with Crippen molar-refractivity contribution in [1.82, 2.24) is 5.32 Å². The molecule has 0 aromatic heterocycles. The van der Waals surface area contributed by atoms with Crippen molar-refractivity contribution >= 4 is 0 Å².